The van der Waals surface area contributed by atoms with Crippen LogP contribution in [0.3, 0.4) is 0 Å². The van der Waals surface area contributed by atoms with Crippen LogP contribution < -0.4 is 5.32 Å². The molecule has 2 nitrogen and oxygen atoms in total. The van der Waals surface area contributed by atoms with E-state index in [0.29, 0.717) is 16.7 Å². The third-order valence-electron chi connectivity index (χ3n) is 4.43. The van der Waals surface area contributed by atoms with E-state index in [2.05, 4.69) is 39.9 Å². The van der Waals surface area contributed by atoms with Crippen LogP contribution in [-0.2, 0) is 4.74 Å². The smallest absolute Gasteiger partial charge is 0.119 e. The van der Waals surface area contributed by atoms with E-state index < -0.39 is 0 Å². The fourth-order valence-electron chi connectivity index (χ4n) is 3.00. The maximum Gasteiger partial charge on any atom is 0.119 e. The number of hydrogen-bond acceptors (Lipinski definition) is 2. The van der Waals surface area contributed by atoms with Crippen LogP contribution in [-0.4, -0.2) is 18.9 Å². The summed E-state index contributed by atoms with van der Waals surface area (Å²) in [5, 5.41) is 3.68. The predicted octanol–water partition coefficient (Wildman–Crippen LogP) is 3.17. The maximum atomic E-state index is 6.19. The molecule has 1 N–H and O–H groups in total. The summed E-state index contributed by atoms with van der Waals surface area (Å²) in [6.45, 7) is 13.6. The Kier molecular flexibility index (Phi) is 2.87. The highest BCUT2D eigenvalue weighted by atomic mass is 16.5. The van der Waals surface area contributed by atoms with Crippen molar-refractivity contribution in [2.45, 2.75) is 59.6 Å². The zero-order chi connectivity index (χ0) is 12.0. The van der Waals surface area contributed by atoms with Crippen molar-refractivity contribution in [3.05, 3.63) is 0 Å². The fraction of sp³-hybridized carbons (Fsp3) is 1.00. The van der Waals surface area contributed by atoms with Crippen molar-refractivity contribution in [1.29, 1.82) is 0 Å². The summed E-state index contributed by atoms with van der Waals surface area (Å²) in [4.78, 5) is 0. The van der Waals surface area contributed by atoms with Gasteiger partial charge in [0, 0.05) is 6.54 Å². The molecule has 1 aliphatic carbocycles. The van der Waals surface area contributed by atoms with E-state index in [-0.39, 0.29) is 5.72 Å². The molecule has 0 aromatic carbocycles. The Morgan fingerprint density at radius 3 is 2.25 bits per heavy atom. The Bertz CT molecular complexity index is 256. The lowest BCUT2D eigenvalue weighted by Gasteiger charge is -2.43. The molecule has 0 radical (unpaired) electrons. The second-order valence-electron chi connectivity index (χ2n) is 7.59. The predicted molar refractivity (Wildman–Crippen MR) is 67.3 cm³/mol. The molecule has 94 valence electrons. The van der Waals surface area contributed by atoms with Gasteiger partial charge in [-0.05, 0) is 36.0 Å². The van der Waals surface area contributed by atoms with Gasteiger partial charge in [-0.15, -0.1) is 0 Å². The largest absolute Gasteiger partial charge is 0.360 e. The van der Waals surface area contributed by atoms with Crippen molar-refractivity contribution in [3.8, 4) is 0 Å². The first-order valence-electron chi connectivity index (χ1n) is 6.62. The van der Waals surface area contributed by atoms with Crippen molar-refractivity contribution in [2.75, 3.05) is 13.2 Å². The SMILES string of the molecule is CC1(C)CCC2(C1)NCC(C(C)(C)C)CO2. The van der Waals surface area contributed by atoms with Gasteiger partial charge >= 0.3 is 0 Å². The minimum atomic E-state index is 0.00521. The molecular weight excluding hydrogens is 198 g/mol. The monoisotopic (exact) mass is 225 g/mol. The molecule has 16 heavy (non-hydrogen) atoms. The summed E-state index contributed by atoms with van der Waals surface area (Å²) in [7, 11) is 0. The van der Waals surface area contributed by atoms with Crippen molar-refractivity contribution in [1.82, 2.24) is 5.32 Å². The van der Waals surface area contributed by atoms with Gasteiger partial charge in [0.1, 0.15) is 5.72 Å². The second kappa shape index (κ2) is 3.71. The molecule has 1 spiro atoms. The number of ether oxygens (including phenoxy) is 1. The molecule has 2 aliphatic rings. The zero-order valence-corrected chi connectivity index (χ0v) is 11.5. The highest BCUT2D eigenvalue weighted by molar-refractivity contribution is 4.97. The molecule has 0 bridgehead atoms. The lowest BCUT2D eigenvalue weighted by molar-refractivity contribution is -0.132. The average Bonchev–Trinajstić information content (AvgIpc) is 2.41. The molecule has 0 aromatic rings. The molecule has 0 aromatic heterocycles. The third-order valence-corrected chi connectivity index (χ3v) is 4.43. The van der Waals surface area contributed by atoms with Crippen LogP contribution in [0.4, 0.5) is 0 Å². The lowest BCUT2D eigenvalue weighted by atomic mass is 9.80. The van der Waals surface area contributed by atoms with Gasteiger partial charge in [0.15, 0.2) is 0 Å². The Labute approximate surface area is 100 Å². The van der Waals surface area contributed by atoms with Gasteiger partial charge in [-0.3, -0.25) is 5.32 Å². The first-order chi connectivity index (χ1) is 7.23. The standard InChI is InChI=1S/C14H27NO/c1-12(2,3)11-8-15-14(16-9-11)7-6-13(4,5)10-14/h11,15H,6-10H2,1-5H3. The first kappa shape index (κ1) is 12.4. The summed E-state index contributed by atoms with van der Waals surface area (Å²) in [6.07, 6.45) is 3.62. The van der Waals surface area contributed by atoms with Crippen LogP contribution in [0.25, 0.3) is 0 Å². The van der Waals surface area contributed by atoms with Crippen molar-refractivity contribution in [2.24, 2.45) is 16.7 Å². The molecular formula is C14H27NO. The third kappa shape index (κ3) is 2.43. The molecule has 2 rings (SSSR count). The molecule has 2 atom stereocenters. The molecule has 0 amide bonds. The first-order valence-corrected chi connectivity index (χ1v) is 6.62. The van der Waals surface area contributed by atoms with Gasteiger partial charge < -0.3 is 4.74 Å². The Hall–Kier alpha value is -0.0800. The number of hydrogen-bond donors (Lipinski definition) is 1. The maximum absolute atomic E-state index is 6.19. The van der Waals surface area contributed by atoms with E-state index in [0.717, 1.165) is 19.6 Å². The van der Waals surface area contributed by atoms with E-state index in [1.807, 2.05) is 0 Å². The van der Waals surface area contributed by atoms with E-state index in [1.165, 1.54) is 12.8 Å². The van der Waals surface area contributed by atoms with Crippen molar-refractivity contribution >= 4 is 0 Å². The Morgan fingerprint density at radius 1 is 1.19 bits per heavy atom. The number of nitrogens with one attached hydrogen (secondary N) is 1. The highest BCUT2D eigenvalue weighted by Crippen LogP contribution is 2.46. The van der Waals surface area contributed by atoms with Gasteiger partial charge in [0.05, 0.1) is 6.61 Å². The lowest BCUT2D eigenvalue weighted by Crippen LogP contribution is -2.55. The minimum absolute atomic E-state index is 0.00521. The minimum Gasteiger partial charge on any atom is -0.360 e. The van der Waals surface area contributed by atoms with E-state index in [1.54, 1.807) is 0 Å². The van der Waals surface area contributed by atoms with Gasteiger partial charge in [-0.2, -0.15) is 0 Å². The summed E-state index contributed by atoms with van der Waals surface area (Å²) in [5.41, 5.74) is 0.801. The van der Waals surface area contributed by atoms with Gasteiger partial charge in [-0.25, -0.2) is 0 Å². The number of rotatable bonds is 0. The molecule has 1 saturated carbocycles. The molecule has 2 heteroatoms. The van der Waals surface area contributed by atoms with Gasteiger partial charge in [0.2, 0.25) is 0 Å². The normalized spacial score (nSPS) is 39.2. The summed E-state index contributed by atoms with van der Waals surface area (Å²) < 4.78 is 6.19. The summed E-state index contributed by atoms with van der Waals surface area (Å²) in [6, 6.07) is 0. The molecule has 2 fully saturated rings. The summed E-state index contributed by atoms with van der Waals surface area (Å²) in [5.74, 6) is 0.641. The Morgan fingerprint density at radius 2 is 1.88 bits per heavy atom. The highest BCUT2D eigenvalue weighted by Gasteiger charge is 2.47. The van der Waals surface area contributed by atoms with Crippen LogP contribution in [0.5, 0.6) is 0 Å². The van der Waals surface area contributed by atoms with Crippen LogP contribution >= 0.6 is 0 Å². The molecule has 2 unspecified atom stereocenters. The van der Waals surface area contributed by atoms with E-state index in [4.69, 9.17) is 4.74 Å². The van der Waals surface area contributed by atoms with Crippen LogP contribution in [0.15, 0.2) is 0 Å². The van der Waals surface area contributed by atoms with Gasteiger partial charge in [0.25, 0.3) is 0 Å². The van der Waals surface area contributed by atoms with E-state index in [9.17, 15) is 0 Å². The molecule has 1 saturated heterocycles. The molecule has 1 heterocycles. The van der Waals surface area contributed by atoms with Crippen LogP contribution in [0.2, 0.25) is 0 Å². The summed E-state index contributed by atoms with van der Waals surface area (Å²) >= 11 is 0. The fourth-order valence-corrected chi connectivity index (χ4v) is 3.00. The van der Waals surface area contributed by atoms with Crippen LogP contribution in [0.1, 0.15) is 53.9 Å². The second-order valence-corrected chi connectivity index (χ2v) is 7.59. The van der Waals surface area contributed by atoms with Crippen LogP contribution in [0, 0.1) is 16.7 Å². The van der Waals surface area contributed by atoms with Gasteiger partial charge in [-0.1, -0.05) is 34.6 Å². The topological polar surface area (TPSA) is 21.3 Å². The van der Waals surface area contributed by atoms with Crippen molar-refractivity contribution < 1.29 is 4.74 Å². The average molecular weight is 225 g/mol. The quantitative estimate of drug-likeness (QED) is 0.683. The molecule has 1 aliphatic heterocycles. The zero-order valence-electron chi connectivity index (χ0n) is 11.5. The van der Waals surface area contributed by atoms with Crippen molar-refractivity contribution in [3.63, 3.8) is 0 Å². The van der Waals surface area contributed by atoms with E-state index >= 15 is 0 Å². The Balaban J connectivity index is 1.96.